The summed E-state index contributed by atoms with van der Waals surface area (Å²) in [7, 11) is 3.60. The molecule has 2 aromatic rings. The van der Waals surface area contributed by atoms with Gasteiger partial charge in [0, 0.05) is 38.5 Å². The molecule has 4 nitrogen and oxygen atoms in total. The summed E-state index contributed by atoms with van der Waals surface area (Å²) in [6.45, 7) is 3.06. The summed E-state index contributed by atoms with van der Waals surface area (Å²) in [6.07, 6.45) is 1.88. The van der Waals surface area contributed by atoms with Crippen molar-refractivity contribution >= 4 is 23.2 Å². The molecule has 1 saturated heterocycles. The molecule has 0 radical (unpaired) electrons. The number of likely N-dealkylation sites (tertiary alicyclic amines) is 1. The van der Waals surface area contributed by atoms with Crippen molar-refractivity contribution in [1.29, 1.82) is 0 Å². The van der Waals surface area contributed by atoms with Gasteiger partial charge in [-0.1, -0.05) is 37.3 Å². The number of thiophene rings is 1. The van der Waals surface area contributed by atoms with Gasteiger partial charge in [-0.15, -0.1) is 11.3 Å². The molecular formula is C21H26N2O2S. The van der Waals surface area contributed by atoms with Crippen molar-refractivity contribution in [2.75, 3.05) is 27.2 Å². The van der Waals surface area contributed by atoms with Gasteiger partial charge < -0.3 is 9.80 Å². The van der Waals surface area contributed by atoms with Crippen molar-refractivity contribution in [3.8, 4) is 10.4 Å². The Morgan fingerprint density at radius 3 is 2.50 bits per heavy atom. The van der Waals surface area contributed by atoms with Gasteiger partial charge in [-0.05, 0) is 35.4 Å². The molecule has 0 saturated carbocycles. The Bertz CT molecular complexity index is 768. The van der Waals surface area contributed by atoms with Crippen LogP contribution in [0.3, 0.4) is 0 Å². The maximum Gasteiger partial charge on any atom is 0.230 e. The van der Waals surface area contributed by atoms with E-state index in [1.165, 1.54) is 10.4 Å². The fourth-order valence-electron chi connectivity index (χ4n) is 3.80. The smallest absolute Gasteiger partial charge is 0.230 e. The number of rotatable bonds is 5. The van der Waals surface area contributed by atoms with Gasteiger partial charge in [0.2, 0.25) is 11.8 Å². The number of nitrogens with zero attached hydrogens (tertiary/aromatic N) is 2. The van der Waals surface area contributed by atoms with Crippen LogP contribution in [0.25, 0.3) is 10.4 Å². The van der Waals surface area contributed by atoms with Crippen LogP contribution < -0.4 is 0 Å². The Morgan fingerprint density at radius 1 is 1.19 bits per heavy atom. The van der Waals surface area contributed by atoms with Gasteiger partial charge >= 0.3 is 0 Å². The Kier molecular flexibility index (Phi) is 5.47. The van der Waals surface area contributed by atoms with Crippen molar-refractivity contribution in [3.63, 3.8) is 0 Å². The van der Waals surface area contributed by atoms with Crippen molar-refractivity contribution in [1.82, 2.24) is 9.80 Å². The molecule has 1 unspecified atom stereocenters. The fourth-order valence-corrected chi connectivity index (χ4v) is 4.53. The van der Waals surface area contributed by atoms with E-state index in [1.54, 1.807) is 30.3 Å². The Balaban J connectivity index is 1.82. The number of amides is 2. The SMILES string of the molecule is CCC(=O)N1CCC(Cc2ccc(-c3cccs3)cc2)(C(=O)N(C)C)C1. The van der Waals surface area contributed by atoms with Crippen molar-refractivity contribution in [2.45, 2.75) is 26.2 Å². The Labute approximate surface area is 159 Å². The lowest BCUT2D eigenvalue weighted by Gasteiger charge is -2.31. The quantitative estimate of drug-likeness (QED) is 0.806. The molecule has 1 aliphatic rings. The van der Waals surface area contributed by atoms with Gasteiger partial charge in [-0.2, -0.15) is 0 Å². The number of carbonyl (C=O) groups excluding carboxylic acids is 2. The average Bonchev–Trinajstić information content (AvgIpc) is 3.32. The van der Waals surface area contributed by atoms with Crippen LogP contribution in [-0.2, 0) is 16.0 Å². The highest BCUT2D eigenvalue weighted by Crippen LogP contribution is 2.37. The Hall–Kier alpha value is -2.14. The highest BCUT2D eigenvalue weighted by Gasteiger charge is 2.46. The second-order valence-corrected chi connectivity index (χ2v) is 8.20. The first-order valence-electron chi connectivity index (χ1n) is 9.07. The molecule has 0 aliphatic carbocycles. The largest absolute Gasteiger partial charge is 0.348 e. The summed E-state index contributed by atoms with van der Waals surface area (Å²) in [6, 6.07) is 12.6. The highest BCUT2D eigenvalue weighted by molar-refractivity contribution is 7.13. The number of benzene rings is 1. The predicted octanol–water partition coefficient (Wildman–Crippen LogP) is 3.67. The summed E-state index contributed by atoms with van der Waals surface area (Å²) < 4.78 is 0. The van der Waals surface area contributed by atoms with Crippen LogP contribution in [-0.4, -0.2) is 48.8 Å². The first kappa shape index (κ1) is 18.6. The lowest BCUT2D eigenvalue weighted by Crippen LogP contribution is -2.44. The average molecular weight is 371 g/mol. The molecular weight excluding hydrogens is 344 g/mol. The minimum Gasteiger partial charge on any atom is -0.348 e. The molecule has 5 heteroatoms. The van der Waals surface area contributed by atoms with Crippen molar-refractivity contribution in [3.05, 3.63) is 47.3 Å². The van der Waals surface area contributed by atoms with Gasteiger partial charge in [-0.25, -0.2) is 0 Å². The normalized spacial score (nSPS) is 19.6. The van der Waals surface area contributed by atoms with E-state index >= 15 is 0 Å². The zero-order valence-corrected chi connectivity index (χ0v) is 16.5. The van der Waals surface area contributed by atoms with Gasteiger partial charge in [0.05, 0.1) is 5.41 Å². The van der Waals surface area contributed by atoms with Crippen LogP contribution in [0.15, 0.2) is 41.8 Å². The second-order valence-electron chi connectivity index (χ2n) is 7.25. The Morgan fingerprint density at radius 2 is 1.92 bits per heavy atom. The van der Waals surface area contributed by atoms with E-state index in [0.717, 1.165) is 12.0 Å². The number of hydrogen-bond donors (Lipinski definition) is 0. The van der Waals surface area contributed by atoms with E-state index in [0.29, 0.717) is 25.9 Å². The van der Waals surface area contributed by atoms with Gasteiger partial charge in [0.25, 0.3) is 0 Å². The van der Waals surface area contributed by atoms with Crippen LogP contribution in [0.1, 0.15) is 25.3 Å². The standard InChI is InChI=1S/C21H26N2O2S/c1-4-19(24)23-12-11-21(15-23,20(25)22(2)3)14-16-7-9-17(10-8-16)18-6-5-13-26-18/h5-10,13H,4,11-12,14-15H2,1-3H3. The lowest BCUT2D eigenvalue weighted by atomic mass is 9.79. The third kappa shape index (κ3) is 3.68. The second kappa shape index (κ2) is 7.62. The van der Waals surface area contributed by atoms with E-state index in [-0.39, 0.29) is 11.8 Å². The molecule has 3 rings (SSSR count). The molecule has 1 aliphatic heterocycles. The summed E-state index contributed by atoms with van der Waals surface area (Å²) in [5, 5.41) is 2.08. The zero-order chi connectivity index (χ0) is 18.7. The summed E-state index contributed by atoms with van der Waals surface area (Å²) in [4.78, 5) is 29.9. The molecule has 1 aromatic carbocycles. The van der Waals surface area contributed by atoms with Crippen LogP contribution in [0.2, 0.25) is 0 Å². The van der Waals surface area contributed by atoms with Crippen LogP contribution >= 0.6 is 11.3 Å². The van der Waals surface area contributed by atoms with Crippen molar-refractivity contribution < 1.29 is 9.59 Å². The van der Waals surface area contributed by atoms with Gasteiger partial charge in [0.1, 0.15) is 0 Å². The molecule has 0 spiro atoms. The topological polar surface area (TPSA) is 40.6 Å². The van der Waals surface area contributed by atoms with E-state index < -0.39 is 5.41 Å². The molecule has 1 fully saturated rings. The van der Waals surface area contributed by atoms with Crippen molar-refractivity contribution in [2.24, 2.45) is 5.41 Å². The molecule has 0 N–H and O–H groups in total. The van der Waals surface area contributed by atoms with Gasteiger partial charge in [0.15, 0.2) is 0 Å². The number of hydrogen-bond acceptors (Lipinski definition) is 3. The zero-order valence-electron chi connectivity index (χ0n) is 15.7. The predicted molar refractivity (Wildman–Crippen MR) is 106 cm³/mol. The minimum atomic E-state index is -0.515. The van der Waals surface area contributed by atoms with Gasteiger partial charge in [-0.3, -0.25) is 9.59 Å². The van der Waals surface area contributed by atoms with E-state index in [4.69, 9.17) is 0 Å². The summed E-state index contributed by atoms with van der Waals surface area (Å²) in [5.74, 6) is 0.248. The monoisotopic (exact) mass is 370 g/mol. The third-order valence-electron chi connectivity index (χ3n) is 5.17. The molecule has 26 heavy (non-hydrogen) atoms. The number of carbonyl (C=O) groups is 2. The van der Waals surface area contributed by atoms with E-state index in [2.05, 4.69) is 41.8 Å². The minimum absolute atomic E-state index is 0.117. The first-order valence-corrected chi connectivity index (χ1v) is 9.95. The van der Waals surface area contributed by atoms with Crippen LogP contribution in [0.5, 0.6) is 0 Å². The first-order chi connectivity index (χ1) is 12.4. The van der Waals surface area contributed by atoms with Crippen LogP contribution in [0, 0.1) is 5.41 Å². The fraction of sp³-hybridized carbons (Fsp3) is 0.429. The molecule has 2 amide bonds. The third-order valence-corrected chi connectivity index (χ3v) is 6.09. The van der Waals surface area contributed by atoms with E-state index in [9.17, 15) is 9.59 Å². The van der Waals surface area contributed by atoms with E-state index in [1.807, 2.05) is 11.8 Å². The molecule has 138 valence electrons. The highest BCUT2D eigenvalue weighted by atomic mass is 32.1. The summed E-state index contributed by atoms with van der Waals surface area (Å²) in [5.41, 5.74) is 1.83. The maximum atomic E-state index is 13.0. The molecule has 0 bridgehead atoms. The molecule has 1 aromatic heterocycles. The van der Waals surface area contributed by atoms with Crippen LogP contribution in [0.4, 0.5) is 0 Å². The lowest BCUT2D eigenvalue weighted by molar-refractivity contribution is -0.139. The molecule has 1 atom stereocenters. The molecule has 2 heterocycles. The summed E-state index contributed by atoms with van der Waals surface area (Å²) >= 11 is 1.72. The maximum absolute atomic E-state index is 13.0.